The van der Waals surface area contributed by atoms with Crippen molar-refractivity contribution < 1.29 is 0 Å². The highest BCUT2D eigenvalue weighted by molar-refractivity contribution is 5.76. The summed E-state index contributed by atoms with van der Waals surface area (Å²) in [5, 5.41) is 4.19. The number of hydrogen-bond acceptors (Lipinski definition) is 3. The number of nitrogens with two attached hydrogens (primary N) is 1. The fourth-order valence-electron chi connectivity index (χ4n) is 2.54. The summed E-state index contributed by atoms with van der Waals surface area (Å²) in [7, 11) is 1.89. The lowest BCUT2D eigenvalue weighted by Crippen LogP contribution is -2.17. The summed E-state index contributed by atoms with van der Waals surface area (Å²) in [6.07, 6.45) is 4.80. The highest BCUT2D eigenvalue weighted by Crippen LogP contribution is 2.24. The molecule has 0 spiro atoms. The molecular weight excluding hydrogens is 250 g/mol. The SMILES string of the molecule is CCCn1c(C(N)c2cnn(C)c2)nc2ccccc21. The lowest BCUT2D eigenvalue weighted by molar-refractivity contribution is 0.627. The number of hydrogen-bond donors (Lipinski definition) is 1. The molecular formula is C15H19N5. The quantitative estimate of drug-likeness (QED) is 0.790. The molecule has 3 rings (SSSR count). The Hall–Kier alpha value is -2.14. The molecule has 0 radical (unpaired) electrons. The Bertz CT molecular complexity index is 725. The van der Waals surface area contributed by atoms with Crippen LogP contribution in [0.4, 0.5) is 0 Å². The van der Waals surface area contributed by atoms with Crippen LogP contribution in [0.3, 0.4) is 0 Å². The minimum absolute atomic E-state index is 0.248. The van der Waals surface area contributed by atoms with E-state index >= 15 is 0 Å². The molecule has 0 aliphatic rings. The van der Waals surface area contributed by atoms with Crippen molar-refractivity contribution in [3.63, 3.8) is 0 Å². The minimum atomic E-state index is -0.248. The van der Waals surface area contributed by atoms with Crippen LogP contribution in [0.1, 0.15) is 30.8 Å². The molecule has 0 amide bonds. The first-order chi connectivity index (χ1) is 9.70. The molecule has 0 saturated carbocycles. The van der Waals surface area contributed by atoms with Crippen molar-refractivity contribution in [1.29, 1.82) is 0 Å². The second kappa shape index (κ2) is 5.09. The van der Waals surface area contributed by atoms with Gasteiger partial charge in [-0.05, 0) is 18.6 Å². The van der Waals surface area contributed by atoms with Gasteiger partial charge in [-0.1, -0.05) is 19.1 Å². The Kier molecular flexibility index (Phi) is 3.28. The van der Waals surface area contributed by atoms with Crippen LogP contribution >= 0.6 is 0 Å². The maximum Gasteiger partial charge on any atom is 0.131 e. The fraction of sp³-hybridized carbons (Fsp3) is 0.333. The average molecular weight is 269 g/mol. The number of aryl methyl sites for hydroxylation is 2. The zero-order valence-electron chi connectivity index (χ0n) is 11.8. The van der Waals surface area contributed by atoms with Gasteiger partial charge in [-0.25, -0.2) is 4.98 Å². The number of para-hydroxylation sites is 2. The van der Waals surface area contributed by atoms with Crippen molar-refractivity contribution in [2.45, 2.75) is 25.9 Å². The van der Waals surface area contributed by atoms with Crippen LogP contribution in [0.15, 0.2) is 36.7 Å². The maximum absolute atomic E-state index is 6.39. The van der Waals surface area contributed by atoms with E-state index in [1.807, 2.05) is 31.4 Å². The Morgan fingerprint density at radius 2 is 2.10 bits per heavy atom. The van der Waals surface area contributed by atoms with Crippen molar-refractivity contribution in [2.75, 3.05) is 0 Å². The monoisotopic (exact) mass is 269 g/mol. The summed E-state index contributed by atoms with van der Waals surface area (Å²) in [5.74, 6) is 0.904. The molecule has 0 saturated heterocycles. The predicted octanol–water partition coefficient (Wildman–Crippen LogP) is 2.23. The van der Waals surface area contributed by atoms with Gasteiger partial charge in [0.1, 0.15) is 5.82 Å². The van der Waals surface area contributed by atoms with E-state index in [0.29, 0.717) is 0 Å². The van der Waals surface area contributed by atoms with Crippen LogP contribution in [-0.4, -0.2) is 19.3 Å². The topological polar surface area (TPSA) is 61.7 Å². The fourth-order valence-corrected chi connectivity index (χ4v) is 2.54. The molecule has 5 heteroatoms. The van der Waals surface area contributed by atoms with Crippen molar-refractivity contribution in [1.82, 2.24) is 19.3 Å². The largest absolute Gasteiger partial charge is 0.326 e. The Labute approximate surface area is 118 Å². The summed E-state index contributed by atoms with van der Waals surface area (Å²) in [4.78, 5) is 4.72. The van der Waals surface area contributed by atoms with Crippen LogP contribution in [0.2, 0.25) is 0 Å². The van der Waals surface area contributed by atoms with Crippen LogP contribution in [0.5, 0.6) is 0 Å². The number of imidazole rings is 1. The Morgan fingerprint density at radius 3 is 2.80 bits per heavy atom. The third kappa shape index (κ3) is 2.10. The van der Waals surface area contributed by atoms with Crippen LogP contribution < -0.4 is 5.73 Å². The van der Waals surface area contributed by atoms with E-state index in [4.69, 9.17) is 10.7 Å². The smallest absolute Gasteiger partial charge is 0.131 e. The number of aromatic nitrogens is 4. The second-order valence-corrected chi connectivity index (χ2v) is 5.04. The molecule has 1 unspecified atom stereocenters. The normalized spacial score (nSPS) is 12.9. The molecule has 2 heterocycles. The van der Waals surface area contributed by atoms with Gasteiger partial charge in [0.05, 0.1) is 23.3 Å². The van der Waals surface area contributed by atoms with Gasteiger partial charge < -0.3 is 10.3 Å². The van der Waals surface area contributed by atoms with E-state index in [9.17, 15) is 0 Å². The van der Waals surface area contributed by atoms with E-state index in [-0.39, 0.29) is 6.04 Å². The van der Waals surface area contributed by atoms with Gasteiger partial charge in [-0.15, -0.1) is 0 Å². The van der Waals surface area contributed by atoms with E-state index in [0.717, 1.165) is 35.4 Å². The van der Waals surface area contributed by atoms with Gasteiger partial charge in [0.15, 0.2) is 0 Å². The first kappa shape index (κ1) is 12.9. The van der Waals surface area contributed by atoms with Gasteiger partial charge in [0.2, 0.25) is 0 Å². The Balaban J connectivity index is 2.12. The number of nitrogens with zero attached hydrogens (tertiary/aromatic N) is 4. The van der Waals surface area contributed by atoms with Gasteiger partial charge in [0, 0.05) is 25.4 Å². The predicted molar refractivity (Wildman–Crippen MR) is 79.3 cm³/mol. The summed E-state index contributed by atoms with van der Waals surface area (Å²) >= 11 is 0. The molecule has 2 aromatic heterocycles. The first-order valence-electron chi connectivity index (χ1n) is 6.90. The zero-order valence-corrected chi connectivity index (χ0v) is 11.8. The summed E-state index contributed by atoms with van der Waals surface area (Å²) in [5.41, 5.74) is 9.51. The lowest BCUT2D eigenvalue weighted by atomic mass is 10.1. The van der Waals surface area contributed by atoms with Gasteiger partial charge in [-0.2, -0.15) is 5.10 Å². The molecule has 20 heavy (non-hydrogen) atoms. The summed E-state index contributed by atoms with van der Waals surface area (Å²) < 4.78 is 3.98. The minimum Gasteiger partial charge on any atom is -0.326 e. The van der Waals surface area contributed by atoms with E-state index < -0.39 is 0 Å². The van der Waals surface area contributed by atoms with E-state index in [2.05, 4.69) is 22.7 Å². The average Bonchev–Trinajstić information content (AvgIpc) is 3.03. The molecule has 0 fully saturated rings. The molecule has 5 nitrogen and oxygen atoms in total. The third-order valence-electron chi connectivity index (χ3n) is 3.49. The van der Waals surface area contributed by atoms with Crippen molar-refractivity contribution in [3.05, 3.63) is 48.0 Å². The van der Waals surface area contributed by atoms with E-state index in [1.165, 1.54) is 0 Å². The molecule has 3 aromatic rings. The maximum atomic E-state index is 6.39. The van der Waals surface area contributed by atoms with Crippen molar-refractivity contribution >= 4 is 11.0 Å². The highest BCUT2D eigenvalue weighted by Gasteiger charge is 2.19. The van der Waals surface area contributed by atoms with Crippen molar-refractivity contribution in [2.24, 2.45) is 12.8 Å². The molecule has 1 atom stereocenters. The van der Waals surface area contributed by atoms with Gasteiger partial charge in [-0.3, -0.25) is 4.68 Å². The van der Waals surface area contributed by atoms with Gasteiger partial charge in [0.25, 0.3) is 0 Å². The number of benzene rings is 1. The molecule has 104 valence electrons. The van der Waals surface area contributed by atoms with E-state index in [1.54, 1.807) is 10.9 Å². The molecule has 2 N–H and O–H groups in total. The van der Waals surface area contributed by atoms with Crippen LogP contribution in [0.25, 0.3) is 11.0 Å². The standard InChI is InChI=1S/C15H19N5/c1-3-8-20-13-7-5-4-6-12(13)18-15(20)14(16)11-9-17-19(2)10-11/h4-7,9-10,14H,3,8,16H2,1-2H3. The molecule has 1 aromatic carbocycles. The summed E-state index contributed by atoms with van der Waals surface area (Å²) in [6.45, 7) is 3.08. The first-order valence-corrected chi connectivity index (χ1v) is 6.90. The third-order valence-corrected chi connectivity index (χ3v) is 3.49. The van der Waals surface area contributed by atoms with Gasteiger partial charge >= 0.3 is 0 Å². The molecule has 0 aliphatic heterocycles. The second-order valence-electron chi connectivity index (χ2n) is 5.04. The van der Waals surface area contributed by atoms with Crippen LogP contribution in [-0.2, 0) is 13.6 Å². The summed E-state index contributed by atoms with van der Waals surface area (Å²) in [6, 6.07) is 7.92. The number of fused-ring (bicyclic) bond motifs is 1. The molecule has 0 aliphatic carbocycles. The number of rotatable bonds is 4. The van der Waals surface area contributed by atoms with Crippen molar-refractivity contribution in [3.8, 4) is 0 Å². The lowest BCUT2D eigenvalue weighted by Gasteiger charge is -2.12. The zero-order chi connectivity index (χ0) is 14.1. The van der Waals surface area contributed by atoms with Crippen LogP contribution in [0, 0.1) is 0 Å². The highest BCUT2D eigenvalue weighted by atomic mass is 15.2. The molecule has 0 bridgehead atoms. The Morgan fingerprint density at radius 1 is 1.30 bits per heavy atom.